The molecule has 0 aliphatic rings. The quantitative estimate of drug-likeness (QED) is 0.516. The first-order valence-electron chi connectivity index (χ1n) is 2.91. The SMILES string of the molecule is CO[SiH](OC)[SiH](OC)OC. The average molecular weight is 182 g/mol. The predicted octanol–water partition coefficient (Wildman–Crippen LogP) is -0.909. The van der Waals surface area contributed by atoms with Crippen LogP contribution in [0.1, 0.15) is 0 Å². The van der Waals surface area contributed by atoms with Crippen LogP contribution < -0.4 is 0 Å². The Bertz CT molecular complexity index is 63.7. The molecule has 0 aromatic rings. The van der Waals surface area contributed by atoms with Gasteiger partial charge in [0.25, 0.3) is 0 Å². The summed E-state index contributed by atoms with van der Waals surface area (Å²) in [5, 5.41) is 0. The first-order chi connectivity index (χ1) is 4.79. The van der Waals surface area contributed by atoms with Crippen LogP contribution in [0.4, 0.5) is 0 Å². The molecule has 0 heterocycles. The molecule has 4 nitrogen and oxygen atoms in total. The maximum atomic E-state index is 5.07. The van der Waals surface area contributed by atoms with Gasteiger partial charge in [-0.25, -0.2) is 0 Å². The van der Waals surface area contributed by atoms with Crippen molar-refractivity contribution in [2.45, 2.75) is 0 Å². The van der Waals surface area contributed by atoms with E-state index in [4.69, 9.17) is 17.7 Å². The summed E-state index contributed by atoms with van der Waals surface area (Å²) in [4.78, 5) is 0. The van der Waals surface area contributed by atoms with Crippen LogP contribution in [0.25, 0.3) is 0 Å². The lowest BCUT2D eigenvalue weighted by atomic mass is 11.8. The Morgan fingerprint density at radius 2 is 0.800 bits per heavy atom. The molecule has 0 bridgehead atoms. The lowest BCUT2D eigenvalue weighted by Gasteiger charge is -2.16. The fraction of sp³-hybridized carbons (Fsp3) is 1.00. The minimum Gasteiger partial charge on any atom is -0.399 e. The van der Waals surface area contributed by atoms with Crippen molar-refractivity contribution in [1.29, 1.82) is 0 Å². The Labute approximate surface area is 64.5 Å². The Balaban J connectivity index is 3.70. The van der Waals surface area contributed by atoms with Gasteiger partial charge in [0.2, 0.25) is 0 Å². The molecular formula is C4H14O4Si2. The third-order valence-electron chi connectivity index (χ3n) is 1.15. The Morgan fingerprint density at radius 3 is 0.900 bits per heavy atom. The van der Waals surface area contributed by atoms with E-state index in [2.05, 4.69) is 0 Å². The van der Waals surface area contributed by atoms with Gasteiger partial charge in [-0.2, -0.15) is 0 Å². The van der Waals surface area contributed by atoms with Gasteiger partial charge in [-0.3, -0.25) is 0 Å². The van der Waals surface area contributed by atoms with Crippen LogP contribution in [-0.2, 0) is 17.7 Å². The summed E-state index contributed by atoms with van der Waals surface area (Å²) in [5.41, 5.74) is 0. The summed E-state index contributed by atoms with van der Waals surface area (Å²) in [7, 11) is 3.27. The van der Waals surface area contributed by atoms with Crippen molar-refractivity contribution in [3.05, 3.63) is 0 Å². The molecule has 0 aromatic carbocycles. The van der Waals surface area contributed by atoms with Crippen molar-refractivity contribution < 1.29 is 17.7 Å². The van der Waals surface area contributed by atoms with Crippen molar-refractivity contribution in [2.24, 2.45) is 0 Å². The molecule has 0 unspecified atom stereocenters. The zero-order chi connectivity index (χ0) is 7.98. The van der Waals surface area contributed by atoms with Gasteiger partial charge in [0.1, 0.15) is 0 Å². The molecule has 0 atom stereocenters. The fourth-order valence-corrected chi connectivity index (χ4v) is 4.58. The van der Waals surface area contributed by atoms with Gasteiger partial charge < -0.3 is 17.7 Å². The highest BCUT2D eigenvalue weighted by molar-refractivity contribution is 7.10. The summed E-state index contributed by atoms with van der Waals surface area (Å²) < 4.78 is 20.3. The first kappa shape index (κ1) is 10.3. The molecule has 10 heavy (non-hydrogen) atoms. The van der Waals surface area contributed by atoms with Gasteiger partial charge in [0, 0.05) is 28.4 Å². The lowest BCUT2D eigenvalue weighted by molar-refractivity contribution is 0.244. The summed E-state index contributed by atoms with van der Waals surface area (Å²) >= 11 is 0. The molecule has 0 amide bonds. The Hall–Kier alpha value is 0.274. The van der Waals surface area contributed by atoms with Crippen molar-refractivity contribution in [2.75, 3.05) is 28.4 Å². The molecule has 0 saturated carbocycles. The third-order valence-corrected chi connectivity index (χ3v) is 8.05. The molecule has 0 fully saturated rings. The van der Waals surface area contributed by atoms with E-state index in [1.165, 1.54) is 0 Å². The van der Waals surface area contributed by atoms with Crippen molar-refractivity contribution >= 4 is 17.6 Å². The van der Waals surface area contributed by atoms with E-state index in [-0.39, 0.29) is 0 Å². The van der Waals surface area contributed by atoms with E-state index in [9.17, 15) is 0 Å². The van der Waals surface area contributed by atoms with Crippen LogP contribution in [0, 0.1) is 0 Å². The van der Waals surface area contributed by atoms with E-state index in [0.29, 0.717) is 0 Å². The molecule has 0 aliphatic heterocycles. The number of rotatable bonds is 5. The van der Waals surface area contributed by atoms with Gasteiger partial charge in [-0.15, -0.1) is 0 Å². The number of hydrogen-bond acceptors (Lipinski definition) is 4. The predicted molar refractivity (Wildman–Crippen MR) is 42.3 cm³/mol. The zero-order valence-electron chi connectivity index (χ0n) is 6.79. The van der Waals surface area contributed by atoms with Crippen LogP contribution in [0.2, 0.25) is 0 Å². The van der Waals surface area contributed by atoms with Crippen LogP contribution in [0.3, 0.4) is 0 Å². The first-order valence-corrected chi connectivity index (χ1v) is 7.46. The van der Waals surface area contributed by atoms with Gasteiger partial charge in [-0.1, -0.05) is 0 Å². The Kier molecular flexibility index (Phi) is 6.18. The summed E-state index contributed by atoms with van der Waals surface area (Å²) in [5.74, 6) is 0. The van der Waals surface area contributed by atoms with Crippen LogP contribution in [0.5, 0.6) is 0 Å². The van der Waals surface area contributed by atoms with Crippen LogP contribution >= 0.6 is 0 Å². The van der Waals surface area contributed by atoms with E-state index in [1.54, 1.807) is 28.4 Å². The molecule has 6 heteroatoms. The molecule has 0 radical (unpaired) electrons. The van der Waals surface area contributed by atoms with E-state index in [1.807, 2.05) is 0 Å². The van der Waals surface area contributed by atoms with Gasteiger partial charge in [-0.05, 0) is 0 Å². The highest BCUT2D eigenvalue weighted by Crippen LogP contribution is 1.93. The van der Waals surface area contributed by atoms with E-state index >= 15 is 0 Å². The average Bonchev–Trinajstić information content (AvgIpc) is 2.00. The molecule has 0 saturated heterocycles. The lowest BCUT2D eigenvalue weighted by Crippen LogP contribution is -2.43. The van der Waals surface area contributed by atoms with Crippen molar-refractivity contribution in [3.8, 4) is 0 Å². The molecule has 0 rings (SSSR count). The molecular weight excluding hydrogens is 168 g/mol. The van der Waals surface area contributed by atoms with Crippen molar-refractivity contribution in [1.82, 2.24) is 0 Å². The minimum atomic E-state index is -1.61. The summed E-state index contributed by atoms with van der Waals surface area (Å²) in [6.07, 6.45) is 0. The summed E-state index contributed by atoms with van der Waals surface area (Å²) in [6.45, 7) is 0. The monoisotopic (exact) mass is 182 g/mol. The molecule has 0 aromatic heterocycles. The zero-order valence-corrected chi connectivity index (χ0v) is 9.10. The molecule has 62 valence electrons. The Morgan fingerprint density at radius 1 is 0.600 bits per heavy atom. The maximum Gasteiger partial charge on any atom is 0.364 e. The second kappa shape index (κ2) is 6.01. The second-order valence-corrected chi connectivity index (χ2v) is 8.30. The van der Waals surface area contributed by atoms with Gasteiger partial charge in [0.15, 0.2) is 0 Å². The van der Waals surface area contributed by atoms with Gasteiger partial charge in [0.05, 0.1) is 0 Å². The topological polar surface area (TPSA) is 36.9 Å². The second-order valence-electron chi connectivity index (χ2n) is 1.68. The molecule has 0 N–H and O–H groups in total. The van der Waals surface area contributed by atoms with Crippen LogP contribution in [0.15, 0.2) is 0 Å². The van der Waals surface area contributed by atoms with Crippen molar-refractivity contribution in [3.63, 3.8) is 0 Å². The van der Waals surface area contributed by atoms with Gasteiger partial charge >= 0.3 is 17.6 Å². The largest absolute Gasteiger partial charge is 0.399 e. The standard InChI is InChI=1S/C4H14O4Si2/c1-5-9(6-2)10(7-3)8-4/h9-10H,1-4H3. The normalized spacial score (nSPS) is 11.4. The third kappa shape index (κ3) is 2.91. The van der Waals surface area contributed by atoms with E-state index < -0.39 is 17.6 Å². The smallest absolute Gasteiger partial charge is 0.364 e. The summed E-state index contributed by atoms with van der Waals surface area (Å²) in [6, 6.07) is 0. The highest BCUT2D eigenvalue weighted by atomic mass is 29.2. The molecule has 0 spiro atoms. The van der Waals surface area contributed by atoms with Crippen LogP contribution in [-0.4, -0.2) is 46.0 Å². The number of hydrogen-bond donors (Lipinski definition) is 0. The fourth-order valence-electron chi connectivity index (χ4n) is 0.637. The maximum absolute atomic E-state index is 5.07. The van der Waals surface area contributed by atoms with E-state index in [0.717, 1.165) is 0 Å². The highest BCUT2D eigenvalue weighted by Gasteiger charge is 2.27. The molecule has 0 aliphatic carbocycles. The minimum absolute atomic E-state index is 1.61.